The van der Waals surface area contributed by atoms with Gasteiger partial charge in [0.15, 0.2) is 0 Å². The van der Waals surface area contributed by atoms with Gasteiger partial charge in [-0.3, -0.25) is 0 Å². The van der Waals surface area contributed by atoms with Crippen LogP contribution in [0.15, 0.2) is 0 Å². The van der Waals surface area contributed by atoms with E-state index in [0.29, 0.717) is 0 Å². The molecule has 0 aliphatic carbocycles. The molecule has 0 aromatic carbocycles. The first-order valence-electron chi connectivity index (χ1n) is 0.612. The zero-order valence-electron chi connectivity index (χ0n) is 5.67. The molecule has 0 saturated carbocycles. The molecule has 0 saturated heterocycles. The number of hydrogen-bond donors (Lipinski definition) is 0. The van der Waals surface area contributed by atoms with Gasteiger partial charge < -0.3 is 47.9 Å². The molecule has 0 bridgehead atoms. The van der Waals surface area contributed by atoms with E-state index in [0.717, 1.165) is 0 Å². The first-order chi connectivity index (χ1) is 1.73. The molecule has 0 amide bonds. The third-order valence-electron chi connectivity index (χ3n) is 0. The minimum atomic E-state index is -2.33. The van der Waals surface area contributed by atoms with Crippen LogP contribution in [0.25, 0.3) is 0 Å². The second kappa shape index (κ2) is 148. The fourth-order valence-electron chi connectivity index (χ4n) is 0. The zero-order chi connectivity index (χ0) is 3.58. The number of carboxylic acid groups (broad SMARTS) is 2. The molecule has 0 aliphatic rings. The molecule has 0 spiro atoms. The molecular weight excluding hydrogens is 391 g/mol. The van der Waals surface area contributed by atoms with Crippen LogP contribution in [0.3, 0.4) is 0 Å². The molecule has 13 heteroatoms. The van der Waals surface area contributed by atoms with Gasteiger partial charge in [0, 0.05) is 0 Å². The third-order valence-corrected chi connectivity index (χ3v) is 0. The summed E-state index contributed by atoms with van der Waals surface area (Å²) in [6.07, 6.45) is -2.33. The maximum absolute atomic E-state index is 8.33. The normalized spacial score (nSPS) is 1.71. The van der Waals surface area contributed by atoms with E-state index in [1.165, 1.54) is 0 Å². The molecule has 0 aromatic rings. The van der Waals surface area contributed by atoms with Crippen molar-refractivity contribution in [3.63, 3.8) is 0 Å². The van der Waals surface area contributed by atoms with E-state index >= 15 is 0 Å². The summed E-state index contributed by atoms with van der Waals surface area (Å²) in [5.74, 6) is 0. The second-order valence-corrected chi connectivity index (χ2v) is 0.250. The Morgan fingerprint density at radius 2 is 0.571 bits per heavy atom. The molecule has 0 rings (SSSR count). The SMILES string of the molecule is O=C([O-])[O-].[Ni+2].[Ni+2].[Ni+2].[Ni+2].[OH-].[OH-].[OH-].[OH-].[OH-].[OH-]. The van der Waals surface area contributed by atoms with Crippen molar-refractivity contribution in [2.75, 3.05) is 0 Å². The van der Waals surface area contributed by atoms with Crippen molar-refractivity contribution in [2.24, 2.45) is 0 Å². The van der Waals surface area contributed by atoms with Crippen molar-refractivity contribution in [3.8, 4) is 0 Å². The fraction of sp³-hybridized carbons (Fsp3) is 0. The van der Waals surface area contributed by atoms with Crippen LogP contribution in [0, 0.1) is 0 Å². The molecule has 0 aromatic heterocycles. The van der Waals surface area contributed by atoms with Crippen LogP contribution in [0.5, 0.6) is 0 Å². The standard InChI is InChI=1S/CH2O3.4Ni.6H2O/c2-1(3)4;;;;;;;;;;/h(H2,2,3,4);;;;;6*1H2/q;4*+2;;;;;;/p-8. The van der Waals surface area contributed by atoms with Gasteiger partial charge in [-0.2, -0.15) is 0 Å². The van der Waals surface area contributed by atoms with Crippen LogP contribution < -0.4 is 10.2 Å². The summed E-state index contributed by atoms with van der Waals surface area (Å²) in [5, 5.41) is 16.7. The predicted molar refractivity (Wildman–Crippen MR) is 17.0 cm³/mol. The summed E-state index contributed by atoms with van der Waals surface area (Å²) in [5.41, 5.74) is 0. The summed E-state index contributed by atoms with van der Waals surface area (Å²) in [7, 11) is 0. The largest absolute Gasteiger partial charge is 2.00 e. The van der Waals surface area contributed by atoms with E-state index in [-0.39, 0.29) is 98.8 Å². The number of rotatable bonds is 0. The summed E-state index contributed by atoms with van der Waals surface area (Å²) in [4.78, 5) is 8.33. The molecule has 0 radical (unpaired) electrons. The van der Waals surface area contributed by atoms with Crippen LogP contribution in [-0.2, 0) is 66.0 Å². The van der Waals surface area contributed by atoms with Gasteiger partial charge >= 0.3 is 66.0 Å². The molecule has 0 heterocycles. The number of carbonyl (C=O) groups is 1. The topological polar surface area (TPSA) is 243 Å². The molecule has 0 aliphatic heterocycles. The predicted octanol–water partition coefficient (Wildman–Crippen LogP) is -3.52. The Balaban J connectivity index is -0.000000001000. The summed E-state index contributed by atoms with van der Waals surface area (Å²) >= 11 is 0. The van der Waals surface area contributed by atoms with Crippen LogP contribution in [0.2, 0.25) is 0 Å². The number of carbonyl (C=O) groups excluding carboxylic acids is 1. The van der Waals surface area contributed by atoms with Gasteiger partial charge in [-0.15, -0.1) is 0 Å². The molecule has 0 fully saturated rings. The molecule has 9 nitrogen and oxygen atoms in total. The van der Waals surface area contributed by atoms with Gasteiger partial charge in [-0.1, -0.05) is 0 Å². The summed E-state index contributed by atoms with van der Waals surface area (Å²) in [6, 6.07) is 0. The van der Waals surface area contributed by atoms with Crippen LogP contribution in [0.1, 0.15) is 0 Å². The molecular formula is CH6Ni4O9. The molecule has 104 valence electrons. The minimum Gasteiger partial charge on any atom is -0.870 e. The average Bonchev–Trinajstić information content (AvgIpc) is 0.811. The van der Waals surface area contributed by atoms with E-state index < -0.39 is 6.16 Å². The summed E-state index contributed by atoms with van der Waals surface area (Å²) < 4.78 is 0. The van der Waals surface area contributed by atoms with Gasteiger partial charge in [-0.05, 0) is 6.16 Å². The van der Waals surface area contributed by atoms with Crippen molar-refractivity contribution in [1.82, 2.24) is 0 Å². The van der Waals surface area contributed by atoms with Crippen molar-refractivity contribution in [1.29, 1.82) is 0 Å². The maximum Gasteiger partial charge on any atom is 2.00 e. The van der Waals surface area contributed by atoms with Gasteiger partial charge in [0.05, 0.1) is 0 Å². The van der Waals surface area contributed by atoms with Gasteiger partial charge in [0.2, 0.25) is 0 Å². The van der Waals surface area contributed by atoms with Crippen molar-refractivity contribution >= 4 is 6.16 Å². The maximum atomic E-state index is 8.33. The smallest absolute Gasteiger partial charge is 0.870 e. The minimum absolute atomic E-state index is 0. The quantitative estimate of drug-likeness (QED) is 0.367. The average molecular weight is 397 g/mol. The van der Waals surface area contributed by atoms with Crippen LogP contribution in [0.4, 0.5) is 4.79 Å². The van der Waals surface area contributed by atoms with Crippen molar-refractivity contribution < 1.29 is 114 Å². The Morgan fingerprint density at radius 3 is 0.571 bits per heavy atom. The van der Waals surface area contributed by atoms with E-state index in [4.69, 9.17) is 15.0 Å². The van der Waals surface area contributed by atoms with Gasteiger partial charge in [0.25, 0.3) is 0 Å². The molecule has 6 N–H and O–H groups in total. The fourth-order valence-corrected chi connectivity index (χ4v) is 0. The van der Waals surface area contributed by atoms with Gasteiger partial charge in [0.1, 0.15) is 0 Å². The number of hydrogen-bond acceptors (Lipinski definition) is 9. The van der Waals surface area contributed by atoms with E-state index in [9.17, 15) is 0 Å². The van der Waals surface area contributed by atoms with Crippen LogP contribution >= 0.6 is 0 Å². The first-order valence-corrected chi connectivity index (χ1v) is 0.612. The van der Waals surface area contributed by atoms with Gasteiger partial charge in [-0.25, -0.2) is 0 Å². The van der Waals surface area contributed by atoms with Crippen LogP contribution in [-0.4, -0.2) is 39.0 Å². The Bertz CT molecular complexity index is 39.8. The first kappa shape index (κ1) is 184. The molecule has 0 atom stereocenters. The van der Waals surface area contributed by atoms with Crippen molar-refractivity contribution in [3.05, 3.63) is 0 Å². The Kier molecular flexibility index (Phi) is 1940. The molecule has 0 unspecified atom stereocenters. The van der Waals surface area contributed by atoms with E-state index in [1.807, 2.05) is 0 Å². The monoisotopic (exact) mass is 394 g/mol. The van der Waals surface area contributed by atoms with E-state index in [1.54, 1.807) is 0 Å². The molecule has 14 heavy (non-hydrogen) atoms. The Labute approximate surface area is 120 Å². The second-order valence-electron chi connectivity index (χ2n) is 0.250. The third kappa shape index (κ3) is 1860. The van der Waals surface area contributed by atoms with E-state index in [2.05, 4.69) is 0 Å². The zero-order valence-corrected chi connectivity index (χ0v) is 9.62. The van der Waals surface area contributed by atoms with Crippen molar-refractivity contribution in [2.45, 2.75) is 0 Å². The Morgan fingerprint density at radius 1 is 0.571 bits per heavy atom. The Hall–Kier alpha value is 1.00. The summed E-state index contributed by atoms with van der Waals surface area (Å²) in [6.45, 7) is 0.